The summed E-state index contributed by atoms with van der Waals surface area (Å²) in [4.78, 5) is 0. The topological polar surface area (TPSA) is 34.1 Å². The second-order valence-corrected chi connectivity index (χ2v) is 7.76. The van der Waals surface area contributed by atoms with Crippen molar-refractivity contribution in [2.75, 3.05) is 11.1 Å². The first kappa shape index (κ1) is 13.4. The molecule has 0 aliphatic carbocycles. The number of alkyl halides is 1. The predicted octanol–water partition coefficient (Wildman–Crippen LogP) is 2.62. The maximum absolute atomic E-state index is 11.8. The van der Waals surface area contributed by atoms with Crippen molar-refractivity contribution >= 4 is 25.8 Å². The summed E-state index contributed by atoms with van der Waals surface area (Å²) in [5.41, 5.74) is 0. The van der Waals surface area contributed by atoms with Gasteiger partial charge in [0.15, 0.2) is 9.84 Å². The van der Waals surface area contributed by atoms with Crippen LogP contribution in [0, 0.1) is 5.92 Å². The molecule has 2 nitrogen and oxygen atoms in total. The van der Waals surface area contributed by atoms with E-state index in [2.05, 4.69) is 15.9 Å². The highest BCUT2D eigenvalue weighted by atomic mass is 79.9. The van der Waals surface area contributed by atoms with Gasteiger partial charge in [-0.15, -0.1) is 0 Å². The maximum atomic E-state index is 11.8. The molecule has 0 spiro atoms. The second kappa shape index (κ2) is 4.78. The summed E-state index contributed by atoms with van der Waals surface area (Å²) in [5, 5.41) is 0.763. The minimum Gasteiger partial charge on any atom is -0.228 e. The van der Waals surface area contributed by atoms with E-state index < -0.39 is 14.6 Å². The van der Waals surface area contributed by atoms with E-state index in [0.29, 0.717) is 0 Å². The molecule has 0 saturated carbocycles. The highest BCUT2D eigenvalue weighted by Crippen LogP contribution is 2.20. The van der Waals surface area contributed by atoms with Gasteiger partial charge in [0.05, 0.1) is 10.5 Å². The minimum atomic E-state index is -2.95. The highest BCUT2D eigenvalue weighted by Gasteiger charge is 2.30. The Kier molecular flexibility index (Phi) is 4.94. The third-order valence-corrected chi connectivity index (χ3v) is 5.88. The zero-order valence-corrected chi connectivity index (χ0v) is 11.2. The van der Waals surface area contributed by atoms with Gasteiger partial charge < -0.3 is 0 Å². The molecule has 0 amide bonds. The summed E-state index contributed by atoms with van der Waals surface area (Å²) >= 11 is 3.33. The molecule has 0 radical (unpaired) electrons. The molecular weight excluding hydrogens is 252 g/mol. The molecule has 13 heavy (non-hydrogen) atoms. The Morgan fingerprint density at radius 3 is 2.00 bits per heavy atom. The molecule has 80 valence electrons. The van der Waals surface area contributed by atoms with Crippen molar-refractivity contribution in [1.82, 2.24) is 0 Å². The Balaban J connectivity index is 4.52. The van der Waals surface area contributed by atoms with Gasteiger partial charge in [-0.3, -0.25) is 0 Å². The van der Waals surface area contributed by atoms with E-state index in [-0.39, 0.29) is 11.7 Å². The third-order valence-electron chi connectivity index (χ3n) is 2.18. The van der Waals surface area contributed by atoms with E-state index in [1.807, 2.05) is 6.92 Å². The molecule has 0 bridgehead atoms. The zero-order chi connectivity index (χ0) is 10.7. The van der Waals surface area contributed by atoms with Crippen LogP contribution in [0.5, 0.6) is 0 Å². The monoisotopic (exact) mass is 270 g/mol. The Bertz CT molecular complexity index is 235. The molecule has 0 aliphatic rings. The molecule has 0 rings (SSSR count). The van der Waals surface area contributed by atoms with Crippen LogP contribution in [0.1, 0.15) is 34.1 Å². The number of halogens is 1. The van der Waals surface area contributed by atoms with Crippen LogP contribution in [-0.2, 0) is 9.84 Å². The fourth-order valence-electron chi connectivity index (χ4n) is 0.832. The van der Waals surface area contributed by atoms with Crippen LogP contribution in [-0.4, -0.2) is 24.2 Å². The Labute approximate surface area is 90.2 Å². The van der Waals surface area contributed by atoms with Gasteiger partial charge in [0.2, 0.25) is 0 Å². The van der Waals surface area contributed by atoms with Gasteiger partial charge in [0, 0.05) is 5.33 Å². The van der Waals surface area contributed by atoms with E-state index >= 15 is 0 Å². The van der Waals surface area contributed by atoms with Crippen LogP contribution in [0.4, 0.5) is 0 Å². The van der Waals surface area contributed by atoms with E-state index in [9.17, 15) is 8.42 Å². The second-order valence-electron chi connectivity index (χ2n) is 4.32. The Hall–Kier alpha value is 0.430. The number of hydrogen-bond acceptors (Lipinski definition) is 2. The summed E-state index contributed by atoms with van der Waals surface area (Å²) in [6, 6.07) is 0. The average molecular weight is 271 g/mol. The summed E-state index contributed by atoms with van der Waals surface area (Å²) in [7, 11) is -2.95. The van der Waals surface area contributed by atoms with Crippen molar-refractivity contribution in [3.8, 4) is 0 Å². The van der Waals surface area contributed by atoms with Gasteiger partial charge in [-0.2, -0.15) is 0 Å². The molecule has 0 N–H and O–H groups in total. The van der Waals surface area contributed by atoms with Crippen molar-refractivity contribution in [2.24, 2.45) is 5.92 Å². The first-order valence-electron chi connectivity index (χ1n) is 4.53. The van der Waals surface area contributed by atoms with Crippen molar-refractivity contribution < 1.29 is 8.42 Å². The molecule has 1 atom stereocenters. The highest BCUT2D eigenvalue weighted by molar-refractivity contribution is 9.09. The minimum absolute atomic E-state index is 0.240. The summed E-state index contributed by atoms with van der Waals surface area (Å²) in [6.45, 7) is 7.28. The molecule has 0 saturated heterocycles. The van der Waals surface area contributed by atoms with Gasteiger partial charge in [-0.25, -0.2) is 8.42 Å². The van der Waals surface area contributed by atoms with Crippen LogP contribution >= 0.6 is 15.9 Å². The third kappa shape index (κ3) is 3.98. The van der Waals surface area contributed by atoms with Crippen molar-refractivity contribution in [3.05, 3.63) is 0 Å². The molecule has 0 aromatic carbocycles. The molecule has 4 heteroatoms. The zero-order valence-electron chi connectivity index (χ0n) is 8.80. The van der Waals surface area contributed by atoms with Crippen LogP contribution in [0.25, 0.3) is 0 Å². The van der Waals surface area contributed by atoms with Gasteiger partial charge in [0.25, 0.3) is 0 Å². The lowest BCUT2D eigenvalue weighted by atomic mass is 10.2. The van der Waals surface area contributed by atoms with Crippen LogP contribution in [0.15, 0.2) is 0 Å². The van der Waals surface area contributed by atoms with Crippen molar-refractivity contribution in [2.45, 2.75) is 38.9 Å². The van der Waals surface area contributed by atoms with Gasteiger partial charge in [-0.05, 0) is 26.7 Å². The Morgan fingerprint density at radius 1 is 1.31 bits per heavy atom. The lowest BCUT2D eigenvalue weighted by Gasteiger charge is -2.22. The summed E-state index contributed by atoms with van der Waals surface area (Å²) in [5.74, 6) is 0.530. The van der Waals surface area contributed by atoms with Crippen LogP contribution in [0.2, 0.25) is 0 Å². The summed E-state index contributed by atoms with van der Waals surface area (Å²) in [6.07, 6.45) is 0.903. The molecule has 0 heterocycles. The molecule has 0 aromatic rings. The van der Waals surface area contributed by atoms with Crippen molar-refractivity contribution in [3.63, 3.8) is 0 Å². The largest absolute Gasteiger partial charge is 0.228 e. The summed E-state index contributed by atoms with van der Waals surface area (Å²) < 4.78 is 22.9. The Morgan fingerprint density at radius 2 is 1.77 bits per heavy atom. The van der Waals surface area contributed by atoms with E-state index in [4.69, 9.17) is 0 Å². The molecule has 0 aliphatic heterocycles. The molecular formula is C9H19BrO2S. The molecule has 0 fully saturated rings. The van der Waals surface area contributed by atoms with Crippen LogP contribution in [0.3, 0.4) is 0 Å². The lowest BCUT2D eigenvalue weighted by molar-refractivity contribution is 0.538. The van der Waals surface area contributed by atoms with Crippen molar-refractivity contribution in [1.29, 1.82) is 0 Å². The fourth-order valence-corrected chi connectivity index (χ4v) is 3.30. The average Bonchev–Trinajstić information content (AvgIpc) is 1.98. The number of hydrogen-bond donors (Lipinski definition) is 0. The SMILES string of the molecule is CCC(CBr)CS(=O)(=O)C(C)(C)C. The predicted molar refractivity (Wildman–Crippen MR) is 61.1 cm³/mol. The van der Waals surface area contributed by atoms with Crippen LogP contribution < -0.4 is 0 Å². The lowest BCUT2D eigenvalue weighted by Crippen LogP contribution is -2.33. The number of rotatable bonds is 4. The van der Waals surface area contributed by atoms with Gasteiger partial charge in [0.1, 0.15) is 0 Å². The van der Waals surface area contributed by atoms with Gasteiger partial charge in [-0.1, -0.05) is 29.3 Å². The smallest absolute Gasteiger partial charge is 0.155 e. The van der Waals surface area contributed by atoms with Gasteiger partial charge >= 0.3 is 0 Å². The first-order chi connectivity index (χ1) is 5.74. The quantitative estimate of drug-likeness (QED) is 0.736. The normalized spacial score (nSPS) is 15.8. The van der Waals surface area contributed by atoms with E-state index in [1.54, 1.807) is 20.8 Å². The standard InChI is InChI=1S/C9H19BrO2S/c1-5-8(6-10)7-13(11,12)9(2,3)4/h8H,5-7H2,1-4H3. The fraction of sp³-hybridized carbons (Fsp3) is 1.00. The molecule has 0 aromatic heterocycles. The number of sulfone groups is 1. The maximum Gasteiger partial charge on any atom is 0.155 e. The molecule has 1 unspecified atom stereocenters. The van der Waals surface area contributed by atoms with E-state index in [1.165, 1.54) is 0 Å². The van der Waals surface area contributed by atoms with E-state index in [0.717, 1.165) is 11.8 Å². The first-order valence-corrected chi connectivity index (χ1v) is 7.30.